The molecule has 6 heteroatoms. The maximum absolute atomic E-state index is 13.1. The van der Waals surface area contributed by atoms with Gasteiger partial charge in [-0.3, -0.25) is 9.59 Å². The first-order valence-corrected chi connectivity index (χ1v) is 9.88. The molecule has 0 aromatic heterocycles. The van der Waals surface area contributed by atoms with Crippen molar-refractivity contribution in [1.29, 1.82) is 0 Å². The number of benzene rings is 1. The molecule has 148 valence electrons. The van der Waals surface area contributed by atoms with Crippen molar-refractivity contribution in [2.24, 2.45) is 11.1 Å². The second-order valence-electron chi connectivity index (χ2n) is 8.19. The summed E-state index contributed by atoms with van der Waals surface area (Å²) in [5, 5.41) is 6.05. The molecule has 2 fully saturated rings. The highest BCUT2D eigenvalue weighted by atomic mass is 16.5. The lowest BCUT2D eigenvalue weighted by Crippen LogP contribution is -2.58. The Labute approximate surface area is 161 Å². The Morgan fingerprint density at radius 2 is 1.70 bits per heavy atom. The lowest BCUT2D eigenvalue weighted by atomic mass is 9.83. The molecule has 0 radical (unpaired) electrons. The topological polar surface area (TPSA) is 93.5 Å². The Morgan fingerprint density at radius 3 is 2.33 bits per heavy atom. The molecule has 0 atom stereocenters. The predicted molar refractivity (Wildman–Crippen MR) is 105 cm³/mol. The van der Waals surface area contributed by atoms with Gasteiger partial charge < -0.3 is 21.1 Å². The summed E-state index contributed by atoms with van der Waals surface area (Å²) in [5.74, 6) is -0.183. The van der Waals surface area contributed by atoms with Gasteiger partial charge >= 0.3 is 0 Å². The maximum atomic E-state index is 13.1. The monoisotopic (exact) mass is 373 g/mol. The number of nitrogens with one attached hydrogen (secondary N) is 2. The highest BCUT2D eigenvalue weighted by Crippen LogP contribution is 2.39. The van der Waals surface area contributed by atoms with Crippen molar-refractivity contribution in [3.8, 4) is 0 Å². The lowest BCUT2D eigenvalue weighted by molar-refractivity contribution is -0.131. The standard InChI is InChI=1S/C21H31N3O3/c1-15-5-6-17(13-16(15)2)24-18(25)20(7-3-4-8-20)14-23-19(26)21(22)9-11-27-12-10-21/h5-6,13H,3-4,7-12,14,22H2,1-2H3,(H,23,26)(H,24,25). The fraction of sp³-hybridized carbons (Fsp3) is 0.619. The zero-order valence-corrected chi connectivity index (χ0v) is 16.4. The fourth-order valence-corrected chi connectivity index (χ4v) is 4.01. The van der Waals surface area contributed by atoms with Gasteiger partial charge in [0.05, 0.1) is 11.0 Å². The lowest BCUT2D eigenvalue weighted by Gasteiger charge is -2.34. The van der Waals surface area contributed by atoms with Gasteiger partial charge in [0.25, 0.3) is 0 Å². The second-order valence-corrected chi connectivity index (χ2v) is 8.19. The first kappa shape index (κ1) is 19.8. The van der Waals surface area contributed by atoms with Crippen LogP contribution in [0.25, 0.3) is 0 Å². The van der Waals surface area contributed by atoms with E-state index < -0.39 is 11.0 Å². The SMILES string of the molecule is Cc1ccc(NC(=O)C2(CNC(=O)C3(N)CCOCC3)CCCC2)cc1C. The Kier molecular flexibility index (Phi) is 5.86. The molecule has 27 heavy (non-hydrogen) atoms. The molecule has 2 aliphatic rings. The van der Waals surface area contributed by atoms with Crippen LogP contribution in [-0.4, -0.2) is 37.1 Å². The number of carbonyl (C=O) groups is 2. The highest BCUT2D eigenvalue weighted by molar-refractivity contribution is 5.96. The summed E-state index contributed by atoms with van der Waals surface area (Å²) in [6.45, 7) is 5.42. The molecule has 1 aromatic carbocycles. The summed E-state index contributed by atoms with van der Waals surface area (Å²) in [6.07, 6.45) is 4.59. The van der Waals surface area contributed by atoms with E-state index >= 15 is 0 Å². The van der Waals surface area contributed by atoms with E-state index in [1.54, 1.807) is 0 Å². The molecule has 1 saturated carbocycles. The third kappa shape index (κ3) is 4.33. The maximum Gasteiger partial charge on any atom is 0.240 e. The van der Waals surface area contributed by atoms with Crippen LogP contribution >= 0.6 is 0 Å². The van der Waals surface area contributed by atoms with Crippen molar-refractivity contribution < 1.29 is 14.3 Å². The van der Waals surface area contributed by atoms with Crippen LogP contribution in [0.3, 0.4) is 0 Å². The van der Waals surface area contributed by atoms with Crippen LogP contribution in [0.15, 0.2) is 18.2 Å². The minimum Gasteiger partial charge on any atom is -0.381 e. The average molecular weight is 373 g/mol. The summed E-state index contributed by atoms with van der Waals surface area (Å²) in [6, 6.07) is 5.93. The first-order valence-electron chi connectivity index (χ1n) is 9.88. The largest absolute Gasteiger partial charge is 0.381 e. The summed E-state index contributed by atoms with van der Waals surface area (Å²) < 4.78 is 5.31. The molecule has 1 aliphatic carbocycles. The van der Waals surface area contributed by atoms with Crippen LogP contribution in [0.1, 0.15) is 49.7 Å². The van der Waals surface area contributed by atoms with Gasteiger partial charge in [-0.05, 0) is 62.8 Å². The Balaban J connectivity index is 1.66. The van der Waals surface area contributed by atoms with Gasteiger partial charge in [0.1, 0.15) is 0 Å². The van der Waals surface area contributed by atoms with E-state index in [-0.39, 0.29) is 11.8 Å². The van der Waals surface area contributed by atoms with Gasteiger partial charge in [-0.1, -0.05) is 18.9 Å². The summed E-state index contributed by atoms with van der Waals surface area (Å²) >= 11 is 0. The van der Waals surface area contributed by atoms with Crippen molar-refractivity contribution in [2.45, 2.75) is 57.9 Å². The third-order valence-electron chi connectivity index (χ3n) is 6.23. The van der Waals surface area contributed by atoms with Crippen LogP contribution in [-0.2, 0) is 14.3 Å². The van der Waals surface area contributed by atoms with Crippen molar-refractivity contribution in [1.82, 2.24) is 5.32 Å². The van der Waals surface area contributed by atoms with Gasteiger partial charge in [0.2, 0.25) is 11.8 Å². The van der Waals surface area contributed by atoms with Crippen LogP contribution in [0.2, 0.25) is 0 Å². The molecule has 4 N–H and O–H groups in total. The van der Waals surface area contributed by atoms with Crippen LogP contribution in [0.5, 0.6) is 0 Å². The normalized spacial score (nSPS) is 20.9. The Hall–Kier alpha value is -1.92. The van der Waals surface area contributed by atoms with Crippen LogP contribution < -0.4 is 16.4 Å². The minimum absolute atomic E-state index is 0.0124. The van der Waals surface area contributed by atoms with Gasteiger partial charge in [-0.25, -0.2) is 0 Å². The number of nitrogens with two attached hydrogens (primary N) is 1. The third-order valence-corrected chi connectivity index (χ3v) is 6.23. The molecular weight excluding hydrogens is 342 g/mol. The summed E-state index contributed by atoms with van der Waals surface area (Å²) in [7, 11) is 0. The number of amides is 2. The smallest absolute Gasteiger partial charge is 0.240 e. The molecule has 2 amide bonds. The van der Waals surface area contributed by atoms with Crippen molar-refractivity contribution in [3.63, 3.8) is 0 Å². The van der Waals surface area contributed by atoms with E-state index in [0.29, 0.717) is 32.6 Å². The first-order chi connectivity index (χ1) is 12.8. The minimum atomic E-state index is -0.886. The predicted octanol–water partition coefficient (Wildman–Crippen LogP) is 2.43. The van der Waals surface area contributed by atoms with E-state index in [0.717, 1.165) is 36.9 Å². The molecule has 1 heterocycles. The molecule has 1 aromatic rings. The van der Waals surface area contributed by atoms with Crippen molar-refractivity contribution >= 4 is 17.5 Å². The molecule has 0 bridgehead atoms. The number of aryl methyl sites for hydroxylation is 2. The van der Waals surface area contributed by atoms with Gasteiger partial charge in [-0.15, -0.1) is 0 Å². The quantitative estimate of drug-likeness (QED) is 0.739. The molecule has 0 spiro atoms. The number of carbonyl (C=O) groups excluding carboxylic acids is 2. The Bertz CT molecular complexity index is 705. The highest BCUT2D eigenvalue weighted by Gasteiger charge is 2.43. The molecule has 0 unspecified atom stereocenters. The molecule has 3 rings (SSSR count). The Morgan fingerprint density at radius 1 is 1.04 bits per heavy atom. The van der Waals surface area contributed by atoms with Gasteiger partial charge in [0, 0.05) is 25.4 Å². The number of hydrogen-bond acceptors (Lipinski definition) is 4. The van der Waals surface area contributed by atoms with Crippen LogP contribution in [0.4, 0.5) is 5.69 Å². The van der Waals surface area contributed by atoms with E-state index in [2.05, 4.69) is 10.6 Å². The second kappa shape index (κ2) is 7.98. The van der Waals surface area contributed by atoms with Crippen LogP contribution in [0, 0.1) is 19.3 Å². The van der Waals surface area contributed by atoms with E-state index in [4.69, 9.17) is 10.5 Å². The van der Waals surface area contributed by atoms with E-state index in [1.165, 1.54) is 5.56 Å². The van der Waals surface area contributed by atoms with Gasteiger partial charge in [-0.2, -0.15) is 0 Å². The molecular formula is C21H31N3O3. The average Bonchev–Trinajstić information content (AvgIpc) is 3.13. The molecule has 1 saturated heterocycles. The number of rotatable bonds is 5. The molecule has 6 nitrogen and oxygen atoms in total. The van der Waals surface area contributed by atoms with Gasteiger partial charge in [0.15, 0.2) is 0 Å². The fourth-order valence-electron chi connectivity index (χ4n) is 4.01. The van der Waals surface area contributed by atoms with Crippen molar-refractivity contribution in [2.75, 3.05) is 25.1 Å². The number of hydrogen-bond donors (Lipinski definition) is 3. The van der Waals surface area contributed by atoms with E-state index in [1.807, 2.05) is 32.0 Å². The summed E-state index contributed by atoms with van der Waals surface area (Å²) in [4.78, 5) is 25.7. The van der Waals surface area contributed by atoms with E-state index in [9.17, 15) is 9.59 Å². The summed E-state index contributed by atoms with van der Waals surface area (Å²) in [5.41, 5.74) is 7.97. The number of ether oxygens (including phenoxy) is 1. The zero-order chi connectivity index (χ0) is 19.5. The number of anilines is 1. The molecule has 1 aliphatic heterocycles. The van der Waals surface area contributed by atoms with Crippen molar-refractivity contribution in [3.05, 3.63) is 29.3 Å². The zero-order valence-electron chi connectivity index (χ0n) is 16.4.